The predicted molar refractivity (Wildman–Crippen MR) is 82.9 cm³/mol. The lowest BCUT2D eigenvalue weighted by Gasteiger charge is -2.16. The molecule has 4 nitrogen and oxygen atoms in total. The van der Waals surface area contributed by atoms with Gasteiger partial charge in [-0.3, -0.25) is 9.59 Å². The van der Waals surface area contributed by atoms with Crippen LogP contribution in [0.5, 0.6) is 0 Å². The highest BCUT2D eigenvalue weighted by atomic mass is 16.5. The number of benzene rings is 1. The maximum atomic E-state index is 11.9. The van der Waals surface area contributed by atoms with Crippen LogP contribution in [0.2, 0.25) is 0 Å². The summed E-state index contributed by atoms with van der Waals surface area (Å²) in [7, 11) is 1.64. The van der Waals surface area contributed by atoms with Gasteiger partial charge in [-0.15, -0.1) is 0 Å². The number of aryl methyl sites for hydroxylation is 1. The zero-order valence-electron chi connectivity index (χ0n) is 13.0. The Kier molecular flexibility index (Phi) is 8.17. The number of rotatable bonds is 9. The van der Waals surface area contributed by atoms with Gasteiger partial charge in [-0.25, -0.2) is 0 Å². The molecule has 1 amide bonds. The Bertz CT molecular complexity index is 431. The minimum Gasteiger partial charge on any atom is -0.464 e. The predicted octanol–water partition coefficient (Wildman–Crippen LogP) is 2.81. The maximum absolute atomic E-state index is 11.9. The van der Waals surface area contributed by atoms with E-state index in [4.69, 9.17) is 4.74 Å². The lowest BCUT2D eigenvalue weighted by molar-refractivity contribution is -0.148. The number of ether oxygens (including phenoxy) is 1. The van der Waals surface area contributed by atoms with Gasteiger partial charge in [0.25, 0.3) is 0 Å². The van der Waals surface area contributed by atoms with Gasteiger partial charge in [-0.1, -0.05) is 50.1 Å². The van der Waals surface area contributed by atoms with Gasteiger partial charge in [0.2, 0.25) is 5.91 Å². The Labute approximate surface area is 127 Å². The van der Waals surface area contributed by atoms with Crippen molar-refractivity contribution in [1.29, 1.82) is 0 Å². The van der Waals surface area contributed by atoms with E-state index in [2.05, 4.69) is 6.92 Å². The topological polar surface area (TPSA) is 46.6 Å². The van der Waals surface area contributed by atoms with Crippen molar-refractivity contribution in [3.63, 3.8) is 0 Å². The molecule has 0 aliphatic carbocycles. The van der Waals surface area contributed by atoms with Crippen molar-refractivity contribution >= 4 is 11.9 Å². The van der Waals surface area contributed by atoms with Crippen molar-refractivity contribution in [2.45, 2.75) is 39.0 Å². The first-order valence-electron chi connectivity index (χ1n) is 7.57. The van der Waals surface area contributed by atoms with E-state index < -0.39 is 0 Å². The van der Waals surface area contributed by atoms with Crippen LogP contribution < -0.4 is 0 Å². The van der Waals surface area contributed by atoms with E-state index in [0.717, 1.165) is 24.8 Å². The normalized spacial score (nSPS) is 10.2. The van der Waals surface area contributed by atoms with Gasteiger partial charge < -0.3 is 9.64 Å². The third-order valence-electron chi connectivity index (χ3n) is 3.27. The van der Waals surface area contributed by atoms with Crippen LogP contribution in [0.3, 0.4) is 0 Å². The van der Waals surface area contributed by atoms with E-state index in [1.54, 1.807) is 7.05 Å². The van der Waals surface area contributed by atoms with Gasteiger partial charge in [-0.05, 0) is 18.4 Å². The first-order valence-corrected chi connectivity index (χ1v) is 7.57. The van der Waals surface area contributed by atoms with E-state index in [9.17, 15) is 9.59 Å². The molecule has 0 bridgehead atoms. The van der Waals surface area contributed by atoms with Gasteiger partial charge in [0.05, 0.1) is 6.61 Å². The molecule has 0 saturated carbocycles. The van der Waals surface area contributed by atoms with Gasteiger partial charge in [0, 0.05) is 13.5 Å². The molecule has 0 fully saturated rings. The maximum Gasteiger partial charge on any atom is 0.325 e. The molecule has 116 valence electrons. The molecule has 0 heterocycles. The number of likely N-dealkylation sites (N-methyl/N-ethyl adjacent to an activating group) is 1. The van der Waals surface area contributed by atoms with Crippen LogP contribution in [0, 0.1) is 0 Å². The van der Waals surface area contributed by atoms with Gasteiger partial charge >= 0.3 is 5.97 Å². The molecule has 0 aromatic heterocycles. The van der Waals surface area contributed by atoms with E-state index in [0.29, 0.717) is 19.4 Å². The number of esters is 1. The quantitative estimate of drug-likeness (QED) is 0.519. The summed E-state index contributed by atoms with van der Waals surface area (Å²) in [5.74, 6) is -0.369. The third kappa shape index (κ3) is 7.49. The van der Waals surface area contributed by atoms with Crippen LogP contribution >= 0.6 is 0 Å². The van der Waals surface area contributed by atoms with Crippen LogP contribution in [-0.4, -0.2) is 37.0 Å². The molecular weight excluding hydrogens is 266 g/mol. The summed E-state index contributed by atoms with van der Waals surface area (Å²) in [5.41, 5.74) is 1.13. The van der Waals surface area contributed by atoms with E-state index >= 15 is 0 Å². The fourth-order valence-electron chi connectivity index (χ4n) is 1.95. The minimum atomic E-state index is -0.332. The average Bonchev–Trinajstić information content (AvgIpc) is 2.50. The molecule has 4 heteroatoms. The Morgan fingerprint density at radius 2 is 1.86 bits per heavy atom. The van der Waals surface area contributed by atoms with Gasteiger partial charge in [0.15, 0.2) is 0 Å². The summed E-state index contributed by atoms with van der Waals surface area (Å²) in [6.45, 7) is 2.57. The van der Waals surface area contributed by atoms with E-state index in [-0.39, 0.29) is 18.4 Å². The van der Waals surface area contributed by atoms with Crippen LogP contribution in [0.4, 0.5) is 0 Å². The van der Waals surface area contributed by atoms with Crippen LogP contribution in [0.15, 0.2) is 30.3 Å². The highest BCUT2D eigenvalue weighted by Gasteiger charge is 2.13. The molecule has 0 radical (unpaired) electrons. The van der Waals surface area contributed by atoms with Crippen molar-refractivity contribution < 1.29 is 14.3 Å². The molecule has 1 rings (SSSR count). The fraction of sp³-hybridized carbons (Fsp3) is 0.529. The smallest absolute Gasteiger partial charge is 0.325 e. The Balaban J connectivity index is 2.22. The Hall–Kier alpha value is -1.84. The standard InChI is InChI=1S/C17H25NO3/c1-3-4-8-13-21-17(20)14-18(2)16(19)12-11-15-9-6-5-7-10-15/h5-7,9-10H,3-4,8,11-14H2,1-2H3. The van der Waals surface area contributed by atoms with Crippen LogP contribution in [0.25, 0.3) is 0 Å². The second-order valence-corrected chi connectivity index (χ2v) is 5.16. The monoisotopic (exact) mass is 291 g/mol. The van der Waals surface area contributed by atoms with Gasteiger partial charge in [0.1, 0.15) is 6.54 Å². The molecule has 0 aliphatic rings. The molecule has 1 aromatic rings. The Morgan fingerprint density at radius 1 is 1.14 bits per heavy atom. The summed E-state index contributed by atoms with van der Waals surface area (Å²) in [6.07, 6.45) is 4.13. The Morgan fingerprint density at radius 3 is 2.52 bits per heavy atom. The number of hydrogen-bond acceptors (Lipinski definition) is 3. The zero-order valence-corrected chi connectivity index (χ0v) is 13.0. The summed E-state index contributed by atoms with van der Waals surface area (Å²) < 4.78 is 5.09. The highest BCUT2D eigenvalue weighted by Crippen LogP contribution is 2.04. The lowest BCUT2D eigenvalue weighted by Crippen LogP contribution is -2.33. The molecule has 1 aromatic carbocycles. The fourth-order valence-corrected chi connectivity index (χ4v) is 1.95. The number of carbonyl (C=O) groups is 2. The van der Waals surface area contributed by atoms with Crippen molar-refractivity contribution in [1.82, 2.24) is 4.90 Å². The molecular formula is C17H25NO3. The molecule has 0 spiro atoms. The van der Waals surface area contributed by atoms with Crippen molar-refractivity contribution in [2.75, 3.05) is 20.2 Å². The first-order chi connectivity index (χ1) is 10.1. The number of hydrogen-bond donors (Lipinski definition) is 0. The third-order valence-corrected chi connectivity index (χ3v) is 3.27. The van der Waals surface area contributed by atoms with Crippen molar-refractivity contribution in [3.05, 3.63) is 35.9 Å². The zero-order chi connectivity index (χ0) is 15.5. The number of carbonyl (C=O) groups excluding carboxylic acids is 2. The molecule has 0 unspecified atom stereocenters. The summed E-state index contributed by atoms with van der Waals surface area (Å²) in [4.78, 5) is 25.0. The number of amides is 1. The summed E-state index contributed by atoms with van der Waals surface area (Å²) in [5, 5.41) is 0. The number of unbranched alkanes of at least 4 members (excludes halogenated alkanes) is 2. The number of nitrogens with zero attached hydrogens (tertiary/aromatic N) is 1. The van der Waals surface area contributed by atoms with Crippen molar-refractivity contribution in [2.24, 2.45) is 0 Å². The van der Waals surface area contributed by atoms with Crippen LogP contribution in [0.1, 0.15) is 38.2 Å². The van der Waals surface area contributed by atoms with Crippen LogP contribution in [-0.2, 0) is 20.7 Å². The largest absolute Gasteiger partial charge is 0.464 e. The van der Waals surface area contributed by atoms with E-state index in [1.165, 1.54) is 4.90 Å². The van der Waals surface area contributed by atoms with Crippen molar-refractivity contribution in [3.8, 4) is 0 Å². The minimum absolute atomic E-state index is 0.0275. The molecule has 0 atom stereocenters. The summed E-state index contributed by atoms with van der Waals surface area (Å²) >= 11 is 0. The SMILES string of the molecule is CCCCCOC(=O)CN(C)C(=O)CCc1ccccc1. The second kappa shape index (κ2) is 9.97. The lowest BCUT2D eigenvalue weighted by atomic mass is 10.1. The summed E-state index contributed by atoms with van der Waals surface area (Å²) in [6, 6.07) is 9.85. The van der Waals surface area contributed by atoms with E-state index in [1.807, 2.05) is 30.3 Å². The molecule has 0 N–H and O–H groups in total. The first kappa shape index (κ1) is 17.2. The average molecular weight is 291 g/mol. The van der Waals surface area contributed by atoms with Gasteiger partial charge in [-0.2, -0.15) is 0 Å². The molecule has 0 saturated heterocycles. The molecule has 21 heavy (non-hydrogen) atoms. The second-order valence-electron chi connectivity index (χ2n) is 5.16. The molecule has 0 aliphatic heterocycles. The highest BCUT2D eigenvalue weighted by molar-refractivity contribution is 5.81.